The third-order valence-electron chi connectivity index (χ3n) is 12.3. The van der Waals surface area contributed by atoms with Crippen molar-refractivity contribution in [2.24, 2.45) is 11.8 Å². The largest absolute Gasteiger partial charge is 0.483 e. The van der Waals surface area contributed by atoms with E-state index in [2.05, 4.69) is 20.3 Å². The summed E-state index contributed by atoms with van der Waals surface area (Å²) in [5.41, 5.74) is 0.276. The average molecular weight is 795 g/mol. The van der Waals surface area contributed by atoms with Gasteiger partial charge in [-0.3, -0.25) is 19.1 Å². The Bertz CT molecular complexity index is 2050. The molecule has 15 nitrogen and oxygen atoms in total. The van der Waals surface area contributed by atoms with Gasteiger partial charge in [-0.1, -0.05) is 38.8 Å². The molecule has 0 bridgehead atoms. The molecule has 5 heterocycles. The molecule has 7 rings (SSSR count). The van der Waals surface area contributed by atoms with Gasteiger partial charge in [0.2, 0.25) is 27.7 Å². The molecule has 2 aromatic heterocycles. The average Bonchev–Trinajstić information content (AvgIpc) is 3.82. The number of sulfonamides is 1. The SMILES string of the molecule is COc1ccc2nc(C)c3c(c2n1)CCC1(CC2C(=O)NC4(C(=O)NS(=O)(=O)C5(C)CC5)CCC4C=CCCCCCC(NC(=O)OCC(C)C)C(=O)N2C1)O3. The number of carbonyl (C=O) groups is 4. The Morgan fingerprint density at radius 3 is 2.57 bits per heavy atom. The van der Waals surface area contributed by atoms with E-state index < -0.39 is 67.7 Å². The van der Waals surface area contributed by atoms with Gasteiger partial charge in [0.25, 0.3) is 5.91 Å². The number of rotatable bonds is 7. The minimum atomic E-state index is -4.01. The van der Waals surface area contributed by atoms with Gasteiger partial charge in [-0.15, -0.1) is 0 Å². The van der Waals surface area contributed by atoms with Gasteiger partial charge in [0, 0.05) is 24.0 Å². The molecular weight excluding hydrogens is 741 g/mol. The maximum absolute atomic E-state index is 14.8. The maximum Gasteiger partial charge on any atom is 0.407 e. The lowest BCUT2D eigenvalue weighted by atomic mass is 9.65. The van der Waals surface area contributed by atoms with Crippen LogP contribution in [0.3, 0.4) is 0 Å². The lowest BCUT2D eigenvalue weighted by molar-refractivity contribution is -0.144. The van der Waals surface area contributed by atoms with Crippen molar-refractivity contribution in [1.29, 1.82) is 0 Å². The number of alkyl carbamates (subject to hydrolysis) is 1. The van der Waals surface area contributed by atoms with E-state index in [1.54, 1.807) is 20.1 Å². The molecule has 5 unspecified atom stereocenters. The minimum Gasteiger partial charge on any atom is -0.483 e. The first-order valence-electron chi connectivity index (χ1n) is 19.9. The predicted octanol–water partition coefficient (Wildman–Crippen LogP) is 4.15. The van der Waals surface area contributed by atoms with Crippen molar-refractivity contribution in [3.63, 3.8) is 0 Å². The van der Waals surface area contributed by atoms with Crippen LogP contribution in [0.5, 0.6) is 11.6 Å². The first kappa shape index (κ1) is 39.8. The highest BCUT2D eigenvalue weighted by atomic mass is 32.2. The van der Waals surface area contributed by atoms with Gasteiger partial charge in [-0.05, 0) is 83.6 Å². The Hall–Kier alpha value is -4.47. The van der Waals surface area contributed by atoms with E-state index in [9.17, 15) is 27.6 Å². The molecule has 0 radical (unpaired) electrons. The van der Waals surface area contributed by atoms with E-state index in [1.807, 2.05) is 39.0 Å². The highest BCUT2D eigenvalue weighted by Gasteiger charge is 2.59. The molecule has 2 saturated carbocycles. The highest BCUT2D eigenvalue weighted by Crippen LogP contribution is 2.47. The molecule has 0 aromatic carbocycles. The van der Waals surface area contributed by atoms with Gasteiger partial charge in [0.15, 0.2) is 0 Å². The number of aromatic nitrogens is 2. The van der Waals surface area contributed by atoms with Crippen LogP contribution in [0.1, 0.15) is 103 Å². The van der Waals surface area contributed by atoms with Crippen LogP contribution in [0.15, 0.2) is 24.3 Å². The van der Waals surface area contributed by atoms with Crippen molar-refractivity contribution in [2.75, 3.05) is 20.3 Å². The number of aryl methyl sites for hydroxylation is 2. The van der Waals surface area contributed by atoms with E-state index in [1.165, 1.54) is 4.90 Å². The van der Waals surface area contributed by atoms with Crippen molar-refractivity contribution in [3.8, 4) is 11.6 Å². The van der Waals surface area contributed by atoms with E-state index in [0.29, 0.717) is 79.7 Å². The number of nitrogens with zero attached hydrogens (tertiary/aromatic N) is 3. The Morgan fingerprint density at radius 1 is 1.09 bits per heavy atom. The third-order valence-corrected chi connectivity index (χ3v) is 14.5. The molecule has 56 heavy (non-hydrogen) atoms. The number of methoxy groups -OCH3 is 1. The molecule has 2 aliphatic carbocycles. The normalized spacial score (nSPS) is 28.8. The van der Waals surface area contributed by atoms with Crippen LogP contribution in [0.25, 0.3) is 11.0 Å². The summed E-state index contributed by atoms with van der Waals surface area (Å²) in [6.07, 6.45) is 9.13. The van der Waals surface area contributed by atoms with Gasteiger partial charge in [-0.2, -0.15) is 0 Å². The molecule has 4 amide bonds. The van der Waals surface area contributed by atoms with Crippen molar-refractivity contribution in [3.05, 3.63) is 35.5 Å². The summed E-state index contributed by atoms with van der Waals surface area (Å²) in [4.78, 5) is 67.6. The molecule has 16 heteroatoms. The number of amides is 4. The second-order valence-electron chi connectivity index (χ2n) is 16.9. The molecule has 1 spiro atoms. The first-order valence-corrected chi connectivity index (χ1v) is 21.4. The molecule has 5 atom stereocenters. The lowest BCUT2D eigenvalue weighted by Crippen LogP contribution is -2.70. The Morgan fingerprint density at radius 2 is 1.88 bits per heavy atom. The number of nitrogens with one attached hydrogen (secondary N) is 3. The summed E-state index contributed by atoms with van der Waals surface area (Å²) in [5, 5.41) is 5.79. The molecule has 1 saturated heterocycles. The van der Waals surface area contributed by atoms with E-state index in [0.717, 1.165) is 18.4 Å². The van der Waals surface area contributed by atoms with Crippen LogP contribution in [-0.2, 0) is 35.6 Å². The lowest BCUT2D eigenvalue weighted by Gasteiger charge is -2.48. The van der Waals surface area contributed by atoms with Crippen LogP contribution in [0, 0.1) is 18.8 Å². The zero-order valence-electron chi connectivity index (χ0n) is 32.9. The number of fused-ring (bicyclic) bond motifs is 5. The van der Waals surface area contributed by atoms with Gasteiger partial charge >= 0.3 is 6.09 Å². The van der Waals surface area contributed by atoms with Crippen LogP contribution in [0.2, 0.25) is 0 Å². The summed E-state index contributed by atoms with van der Waals surface area (Å²) < 4.78 is 45.6. The van der Waals surface area contributed by atoms with Crippen LogP contribution in [-0.4, -0.2) is 95.3 Å². The van der Waals surface area contributed by atoms with E-state index in [-0.39, 0.29) is 31.9 Å². The molecule has 2 aromatic rings. The fourth-order valence-electron chi connectivity index (χ4n) is 8.44. The minimum absolute atomic E-state index is 0.0286. The monoisotopic (exact) mass is 794 g/mol. The van der Waals surface area contributed by atoms with Crippen molar-refractivity contribution in [2.45, 2.75) is 133 Å². The summed E-state index contributed by atoms with van der Waals surface area (Å²) in [5.74, 6) is -1.22. The summed E-state index contributed by atoms with van der Waals surface area (Å²) in [6, 6.07) is 1.50. The quantitative estimate of drug-likeness (QED) is 0.341. The number of ether oxygens (including phenoxy) is 3. The number of allylic oxidation sites excluding steroid dienone is 1. The molecule has 304 valence electrons. The van der Waals surface area contributed by atoms with Crippen LogP contribution in [0.4, 0.5) is 4.79 Å². The molecular formula is C40H54N6O9S. The fraction of sp³-hybridized carbons (Fsp3) is 0.650. The van der Waals surface area contributed by atoms with Crippen LogP contribution < -0.4 is 24.8 Å². The van der Waals surface area contributed by atoms with Crippen molar-refractivity contribution >= 4 is 44.9 Å². The highest BCUT2D eigenvalue weighted by molar-refractivity contribution is 7.91. The van der Waals surface area contributed by atoms with Gasteiger partial charge in [0.05, 0.1) is 41.7 Å². The second-order valence-corrected chi connectivity index (χ2v) is 19.1. The van der Waals surface area contributed by atoms with Gasteiger partial charge in [-0.25, -0.2) is 23.2 Å². The number of hydrogen-bond donors (Lipinski definition) is 3. The predicted molar refractivity (Wildman–Crippen MR) is 206 cm³/mol. The molecule has 3 N–H and O–H groups in total. The maximum atomic E-state index is 14.8. The van der Waals surface area contributed by atoms with Gasteiger partial charge < -0.3 is 29.7 Å². The first-order chi connectivity index (χ1) is 26.6. The molecule has 3 fully saturated rings. The third kappa shape index (κ3) is 7.52. The summed E-state index contributed by atoms with van der Waals surface area (Å²) in [6.45, 7) is 7.49. The Kier molecular flexibility index (Phi) is 10.7. The summed E-state index contributed by atoms with van der Waals surface area (Å²) >= 11 is 0. The van der Waals surface area contributed by atoms with Crippen molar-refractivity contribution in [1.82, 2.24) is 30.2 Å². The standard InChI is InChI=1S/C40H54N6O9S/c1-24(2)22-54-37(50)42-29-12-10-8-6-7-9-11-26-15-18-40(26,36(49)45-56(51,52)38(4)19-20-38)44-34(47)30-21-39(23-46(30)35(29)48)17-16-27-32-28(13-14-31(43-32)53-5)41-25(3)33(27)55-39/h9,11,13-14,24,26,29-30H,6-8,10,12,15-23H2,1-5H3,(H,42,50)(H,44,47)(H,45,49). The van der Waals surface area contributed by atoms with Crippen LogP contribution >= 0.6 is 0 Å². The van der Waals surface area contributed by atoms with Crippen molar-refractivity contribution < 1.29 is 41.8 Å². The van der Waals surface area contributed by atoms with E-state index >= 15 is 0 Å². The number of carbonyl (C=O) groups excluding carboxylic acids is 4. The Labute approximate surface area is 328 Å². The summed E-state index contributed by atoms with van der Waals surface area (Å²) in [7, 11) is -2.46. The fourth-order valence-corrected chi connectivity index (χ4v) is 9.76. The zero-order valence-corrected chi connectivity index (χ0v) is 33.8. The molecule has 5 aliphatic rings. The topological polar surface area (TPSA) is 195 Å². The smallest absolute Gasteiger partial charge is 0.407 e. The second kappa shape index (κ2) is 15.1. The number of pyridine rings is 2. The van der Waals surface area contributed by atoms with E-state index in [4.69, 9.17) is 19.2 Å². The number of hydrogen-bond acceptors (Lipinski definition) is 11. The zero-order chi connectivity index (χ0) is 40.0. The van der Waals surface area contributed by atoms with Gasteiger partial charge in [0.1, 0.15) is 29.0 Å². The Balaban J connectivity index is 1.24. The molecule has 3 aliphatic heterocycles.